The molecule has 0 aliphatic heterocycles. The quantitative estimate of drug-likeness (QED) is 0.734. The van der Waals surface area contributed by atoms with E-state index in [1.807, 2.05) is 0 Å². The van der Waals surface area contributed by atoms with Gasteiger partial charge >= 0.3 is 0 Å². The summed E-state index contributed by atoms with van der Waals surface area (Å²) in [6, 6.07) is 3.37. The minimum atomic E-state index is -0.430. The molecule has 0 heterocycles. The molecule has 0 N–H and O–H groups in total. The van der Waals surface area contributed by atoms with Crippen molar-refractivity contribution in [1.82, 2.24) is 0 Å². The first kappa shape index (κ1) is 9.39. The molecular weight excluding hydrogens is 226 g/mol. The van der Waals surface area contributed by atoms with Crippen LogP contribution in [0.1, 0.15) is 5.56 Å². The first-order chi connectivity index (χ1) is 5.59. The first-order valence-corrected chi connectivity index (χ1v) is 4.16. The second-order valence-electron chi connectivity index (χ2n) is 2.43. The molecule has 0 bridgehead atoms. The molecular formula is C9H7BrF2. The predicted molar refractivity (Wildman–Crippen MR) is 48.1 cm³/mol. The van der Waals surface area contributed by atoms with Crippen molar-refractivity contribution >= 4 is 15.9 Å². The number of allylic oxidation sites excluding steroid dienone is 1. The van der Waals surface area contributed by atoms with Gasteiger partial charge in [-0.25, -0.2) is 8.78 Å². The molecule has 0 fully saturated rings. The van der Waals surface area contributed by atoms with E-state index in [2.05, 4.69) is 22.5 Å². The molecule has 0 aromatic heterocycles. The minimum absolute atomic E-state index is 0.309. The molecule has 0 amide bonds. The van der Waals surface area contributed by atoms with Gasteiger partial charge in [0.15, 0.2) is 0 Å². The molecule has 0 atom stereocenters. The Morgan fingerprint density at radius 1 is 1.42 bits per heavy atom. The zero-order valence-corrected chi connectivity index (χ0v) is 7.87. The SMILES string of the molecule is C=C(Br)Cc1cc(F)ccc1F. The molecule has 1 rings (SSSR count). The van der Waals surface area contributed by atoms with Crippen LogP contribution in [0, 0.1) is 11.6 Å². The molecule has 0 spiro atoms. The van der Waals surface area contributed by atoms with E-state index in [0.29, 0.717) is 16.5 Å². The van der Waals surface area contributed by atoms with Crippen molar-refractivity contribution in [1.29, 1.82) is 0 Å². The average Bonchev–Trinajstić information content (AvgIpc) is 1.96. The van der Waals surface area contributed by atoms with Gasteiger partial charge in [-0.1, -0.05) is 22.5 Å². The van der Waals surface area contributed by atoms with Crippen LogP contribution in [0.3, 0.4) is 0 Å². The van der Waals surface area contributed by atoms with E-state index in [9.17, 15) is 8.78 Å². The Labute approximate surface area is 78.0 Å². The molecule has 0 nitrogen and oxygen atoms in total. The van der Waals surface area contributed by atoms with E-state index in [1.165, 1.54) is 6.07 Å². The molecule has 0 saturated carbocycles. The highest BCUT2D eigenvalue weighted by molar-refractivity contribution is 9.11. The fourth-order valence-corrected chi connectivity index (χ4v) is 1.19. The molecule has 3 heteroatoms. The third-order valence-corrected chi connectivity index (χ3v) is 1.67. The Bertz CT molecular complexity index is 307. The van der Waals surface area contributed by atoms with Crippen LogP contribution in [0.4, 0.5) is 8.78 Å². The van der Waals surface area contributed by atoms with Crippen molar-refractivity contribution in [3.8, 4) is 0 Å². The molecule has 0 unspecified atom stereocenters. The van der Waals surface area contributed by atoms with Crippen LogP contribution in [-0.2, 0) is 6.42 Å². The van der Waals surface area contributed by atoms with Crippen LogP contribution in [0.5, 0.6) is 0 Å². The summed E-state index contributed by atoms with van der Waals surface area (Å²) in [7, 11) is 0. The smallest absolute Gasteiger partial charge is 0.126 e. The summed E-state index contributed by atoms with van der Waals surface area (Å²) in [5.74, 6) is -0.836. The summed E-state index contributed by atoms with van der Waals surface area (Å²) >= 11 is 3.09. The Kier molecular flexibility index (Phi) is 2.98. The normalized spacial score (nSPS) is 9.92. The second-order valence-corrected chi connectivity index (χ2v) is 3.55. The van der Waals surface area contributed by atoms with Crippen molar-refractivity contribution < 1.29 is 8.78 Å². The maximum atomic E-state index is 12.9. The summed E-state index contributed by atoms with van der Waals surface area (Å²) in [6.45, 7) is 3.55. The average molecular weight is 233 g/mol. The lowest BCUT2D eigenvalue weighted by Gasteiger charge is -2.00. The Balaban J connectivity index is 2.97. The van der Waals surface area contributed by atoms with E-state index < -0.39 is 11.6 Å². The van der Waals surface area contributed by atoms with Crippen LogP contribution in [0.2, 0.25) is 0 Å². The van der Waals surface area contributed by atoms with Crippen molar-refractivity contribution in [3.05, 3.63) is 46.5 Å². The molecule has 0 aliphatic carbocycles. The fraction of sp³-hybridized carbons (Fsp3) is 0.111. The monoisotopic (exact) mass is 232 g/mol. The lowest BCUT2D eigenvalue weighted by atomic mass is 10.1. The summed E-state index contributed by atoms with van der Waals surface area (Å²) < 4.78 is 26.1. The van der Waals surface area contributed by atoms with Crippen molar-refractivity contribution in [2.75, 3.05) is 0 Å². The zero-order valence-electron chi connectivity index (χ0n) is 6.28. The van der Waals surface area contributed by atoms with Crippen LogP contribution >= 0.6 is 15.9 Å². The van der Waals surface area contributed by atoms with E-state index in [-0.39, 0.29) is 0 Å². The maximum absolute atomic E-state index is 12.9. The highest BCUT2D eigenvalue weighted by atomic mass is 79.9. The number of hydrogen-bond donors (Lipinski definition) is 0. The second kappa shape index (κ2) is 3.81. The van der Waals surface area contributed by atoms with Gasteiger partial charge in [-0.2, -0.15) is 0 Å². The van der Waals surface area contributed by atoms with Crippen LogP contribution in [-0.4, -0.2) is 0 Å². The predicted octanol–water partition coefficient (Wildman–Crippen LogP) is 3.42. The fourth-order valence-electron chi connectivity index (χ4n) is 0.885. The third kappa shape index (κ3) is 2.41. The lowest BCUT2D eigenvalue weighted by molar-refractivity contribution is 0.589. The standard InChI is InChI=1S/C9H7BrF2/c1-6(10)4-7-5-8(11)2-3-9(7)12/h2-3,5H,1,4H2. The van der Waals surface area contributed by atoms with Crippen LogP contribution in [0.15, 0.2) is 29.3 Å². The summed E-state index contributed by atoms with van der Waals surface area (Å²) in [4.78, 5) is 0. The number of benzene rings is 1. The lowest BCUT2D eigenvalue weighted by Crippen LogP contribution is -1.91. The summed E-state index contributed by atoms with van der Waals surface area (Å²) in [5.41, 5.74) is 0.317. The molecule has 0 saturated heterocycles. The van der Waals surface area contributed by atoms with Crippen LogP contribution < -0.4 is 0 Å². The van der Waals surface area contributed by atoms with Gasteiger partial charge in [-0.15, -0.1) is 0 Å². The maximum Gasteiger partial charge on any atom is 0.126 e. The first-order valence-electron chi connectivity index (χ1n) is 3.37. The van der Waals surface area contributed by atoms with E-state index >= 15 is 0 Å². The molecule has 1 aromatic carbocycles. The summed E-state index contributed by atoms with van der Waals surface area (Å²) in [5, 5.41) is 0. The highest BCUT2D eigenvalue weighted by Crippen LogP contribution is 2.16. The van der Waals surface area contributed by atoms with Gasteiger partial charge in [0.2, 0.25) is 0 Å². The van der Waals surface area contributed by atoms with E-state index in [0.717, 1.165) is 12.1 Å². The van der Waals surface area contributed by atoms with Gasteiger partial charge in [0.1, 0.15) is 11.6 Å². The number of halogens is 3. The van der Waals surface area contributed by atoms with Gasteiger partial charge < -0.3 is 0 Å². The molecule has 0 aliphatic rings. The third-order valence-electron chi connectivity index (χ3n) is 1.39. The minimum Gasteiger partial charge on any atom is -0.207 e. The van der Waals surface area contributed by atoms with Gasteiger partial charge in [-0.05, 0) is 28.2 Å². The van der Waals surface area contributed by atoms with E-state index in [4.69, 9.17) is 0 Å². The molecule has 0 radical (unpaired) electrons. The molecule has 64 valence electrons. The van der Waals surface area contributed by atoms with Gasteiger partial charge in [0, 0.05) is 6.42 Å². The largest absolute Gasteiger partial charge is 0.207 e. The van der Waals surface area contributed by atoms with E-state index in [1.54, 1.807) is 0 Å². The van der Waals surface area contributed by atoms with Gasteiger partial charge in [-0.3, -0.25) is 0 Å². The van der Waals surface area contributed by atoms with Crippen LogP contribution in [0.25, 0.3) is 0 Å². The van der Waals surface area contributed by atoms with Gasteiger partial charge in [0.05, 0.1) is 0 Å². The van der Waals surface area contributed by atoms with Crippen molar-refractivity contribution in [2.45, 2.75) is 6.42 Å². The molecule has 1 aromatic rings. The number of hydrogen-bond acceptors (Lipinski definition) is 0. The Morgan fingerprint density at radius 3 is 2.67 bits per heavy atom. The Morgan fingerprint density at radius 2 is 2.08 bits per heavy atom. The van der Waals surface area contributed by atoms with Gasteiger partial charge in [0.25, 0.3) is 0 Å². The van der Waals surface area contributed by atoms with Crippen molar-refractivity contribution in [3.63, 3.8) is 0 Å². The topological polar surface area (TPSA) is 0 Å². The van der Waals surface area contributed by atoms with Crippen molar-refractivity contribution in [2.24, 2.45) is 0 Å². The summed E-state index contributed by atoms with van der Waals surface area (Å²) in [6.07, 6.45) is 0.309. The molecule has 12 heavy (non-hydrogen) atoms. The number of rotatable bonds is 2. The Hall–Kier alpha value is -0.700. The zero-order chi connectivity index (χ0) is 9.14. The highest BCUT2D eigenvalue weighted by Gasteiger charge is 2.03.